The maximum absolute atomic E-state index is 14.0. The number of likely N-dealkylation sites (tertiary alicyclic amines) is 1. The van der Waals surface area contributed by atoms with E-state index in [-0.39, 0.29) is 23.8 Å². The van der Waals surface area contributed by atoms with E-state index in [4.69, 9.17) is 21.1 Å². The highest BCUT2D eigenvalue weighted by atomic mass is 35.5. The lowest BCUT2D eigenvalue weighted by molar-refractivity contribution is -0.125. The second-order valence-corrected chi connectivity index (χ2v) is 9.61. The van der Waals surface area contributed by atoms with E-state index in [1.54, 1.807) is 32.4 Å². The van der Waals surface area contributed by atoms with Crippen LogP contribution in [0.3, 0.4) is 0 Å². The minimum absolute atomic E-state index is 0.0540. The van der Waals surface area contributed by atoms with Gasteiger partial charge in [-0.15, -0.1) is 0 Å². The van der Waals surface area contributed by atoms with Gasteiger partial charge in [0, 0.05) is 42.8 Å². The first-order chi connectivity index (χ1) is 18.0. The molecule has 0 radical (unpaired) electrons. The van der Waals surface area contributed by atoms with Crippen molar-refractivity contribution >= 4 is 17.5 Å². The molecule has 3 aromatic rings. The van der Waals surface area contributed by atoms with E-state index in [1.165, 1.54) is 6.07 Å². The van der Waals surface area contributed by atoms with Gasteiger partial charge in [0.05, 0.1) is 20.3 Å². The number of amides is 1. The van der Waals surface area contributed by atoms with Crippen molar-refractivity contribution < 1.29 is 18.7 Å². The lowest BCUT2D eigenvalue weighted by Crippen LogP contribution is -2.43. The first kappa shape index (κ1) is 26.9. The average molecular weight is 526 g/mol. The van der Waals surface area contributed by atoms with Gasteiger partial charge >= 0.3 is 0 Å². The smallest absolute Gasteiger partial charge is 0.237 e. The zero-order valence-corrected chi connectivity index (χ0v) is 21.9. The van der Waals surface area contributed by atoms with E-state index >= 15 is 0 Å². The number of halogens is 2. The number of nitrogens with zero attached hydrogens (tertiary/aromatic N) is 1. The third-order valence-electron chi connectivity index (χ3n) is 6.70. The summed E-state index contributed by atoms with van der Waals surface area (Å²) in [4.78, 5) is 15.4. The van der Waals surface area contributed by atoms with E-state index in [9.17, 15) is 9.18 Å². The molecule has 37 heavy (non-hydrogen) atoms. The van der Waals surface area contributed by atoms with Crippen LogP contribution in [0, 0.1) is 5.82 Å². The quantitative estimate of drug-likeness (QED) is 0.383. The monoisotopic (exact) mass is 525 g/mol. The van der Waals surface area contributed by atoms with Gasteiger partial charge in [0.2, 0.25) is 5.91 Å². The van der Waals surface area contributed by atoms with Crippen LogP contribution in [0.2, 0.25) is 5.02 Å². The maximum atomic E-state index is 14.0. The van der Waals surface area contributed by atoms with Crippen molar-refractivity contribution in [3.8, 4) is 11.5 Å². The van der Waals surface area contributed by atoms with E-state index in [2.05, 4.69) is 15.5 Å². The predicted molar refractivity (Wildman–Crippen MR) is 144 cm³/mol. The van der Waals surface area contributed by atoms with Gasteiger partial charge in [-0.25, -0.2) is 4.39 Å². The van der Waals surface area contributed by atoms with Crippen molar-refractivity contribution in [1.82, 2.24) is 15.5 Å². The molecule has 0 saturated carbocycles. The minimum atomic E-state index is -0.315. The first-order valence-electron chi connectivity index (χ1n) is 12.4. The summed E-state index contributed by atoms with van der Waals surface area (Å²) < 4.78 is 25.0. The summed E-state index contributed by atoms with van der Waals surface area (Å²) in [5.74, 6) is 1.08. The lowest BCUT2D eigenvalue weighted by Gasteiger charge is -2.23. The highest BCUT2D eigenvalue weighted by Gasteiger charge is 2.36. The van der Waals surface area contributed by atoms with Gasteiger partial charge in [-0.05, 0) is 48.2 Å². The normalized spacial score (nSPS) is 17.5. The largest absolute Gasteiger partial charge is 0.493 e. The maximum Gasteiger partial charge on any atom is 0.237 e. The first-order valence-corrected chi connectivity index (χ1v) is 12.8. The van der Waals surface area contributed by atoms with E-state index < -0.39 is 0 Å². The molecule has 196 valence electrons. The zero-order chi connectivity index (χ0) is 26.2. The number of methoxy groups -OCH3 is 2. The molecule has 6 nitrogen and oxygen atoms in total. The number of ether oxygens (including phenoxy) is 2. The third-order valence-corrected chi connectivity index (χ3v) is 6.93. The number of carbonyl (C=O) groups excluding carboxylic acids is 1. The molecule has 0 bridgehead atoms. The molecule has 0 aromatic heterocycles. The number of benzene rings is 3. The van der Waals surface area contributed by atoms with Gasteiger partial charge in [-0.1, -0.05) is 54.1 Å². The number of rotatable bonds is 11. The van der Waals surface area contributed by atoms with Crippen LogP contribution in [0.1, 0.15) is 23.1 Å². The molecule has 0 unspecified atom stereocenters. The van der Waals surface area contributed by atoms with Crippen LogP contribution in [0.4, 0.5) is 4.39 Å². The molecule has 1 heterocycles. The highest BCUT2D eigenvalue weighted by Crippen LogP contribution is 2.31. The Morgan fingerprint density at radius 2 is 1.84 bits per heavy atom. The average Bonchev–Trinajstić information content (AvgIpc) is 3.30. The number of nitrogens with one attached hydrogen (secondary N) is 2. The molecule has 1 saturated heterocycles. The molecule has 1 fully saturated rings. The summed E-state index contributed by atoms with van der Waals surface area (Å²) in [6.45, 7) is 2.26. The molecule has 3 aromatic carbocycles. The predicted octanol–water partition coefficient (Wildman–Crippen LogP) is 4.59. The number of carbonyl (C=O) groups is 1. The van der Waals surface area contributed by atoms with Crippen molar-refractivity contribution in [3.05, 3.63) is 94.3 Å². The van der Waals surface area contributed by atoms with Crippen LogP contribution in [-0.4, -0.2) is 50.2 Å². The summed E-state index contributed by atoms with van der Waals surface area (Å²) in [6.07, 6.45) is 1.09. The van der Waals surface area contributed by atoms with Crippen LogP contribution >= 0.6 is 11.6 Å². The Morgan fingerprint density at radius 3 is 2.59 bits per heavy atom. The van der Waals surface area contributed by atoms with Crippen molar-refractivity contribution in [2.75, 3.05) is 27.3 Å². The number of hydrogen-bond acceptors (Lipinski definition) is 5. The lowest BCUT2D eigenvalue weighted by atomic mass is 10.1. The van der Waals surface area contributed by atoms with E-state index in [0.717, 1.165) is 11.1 Å². The molecular weight excluding hydrogens is 493 g/mol. The van der Waals surface area contributed by atoms with Gasteiger partial charge in [-0.3, -0.25) is 9.69 Å². The Bertz CT molecular complexity index is 1210. The van der Waals surface area contributed by atoms with E-state index in [0.29, 0.717) is 61.1 Å². The SMILES string of the molecule is COc1cccc(CN[C@H]2C[C@@H](C(=O)NCCc3ccccc3F)N(Cc3cccc(Cl)c3)C2)c1OC. The fourth-order valence-electron chi connectivity index (χ4n) is 4.86. The van der Waals surface area contributed by atoms with Crippen LogP contribution in [0.25, 0.3) is 0 Å². The second kappa shape index (κ2) is 12.9. The molecule has 8 heteroatoms. The van der Waals surface area contributed by atoms with Gasteiger partial charge in [0.1, 0.15) is 5.82 Å². The summed E-state index contributed by atoms with van der Waals surface area (Å²) in [7, 11) is 3.25. The van der Waals surface area contributed by atoms with Crippen LogP contribution in [0.5, 0.6) is 11.5 Å². The molecule has 1 aliphatic heterocycles. The van der Waals surface area contributed by atoms with Gasteiger partial charge in [0.25, 0.3) is 0 Å². The summed E-state index contributed by atoms with van der Waals surface area (Å²) in [5, 5.41) is 7.28. The van der Waals surface area contributed by atoms with Crippen molar-refractivity contribution in [2.24, 2.45) is 0 Å². The van der Waals surface area contributed by atoms with Crippen molar-refractivity contribution in [3.63, 3.8) is 0 Å². The third kappa shape index (κ3) is 7.01. The van der Waals surface area contributed by atoms with Crippen molar-refractivity contribution in [2.45, 2.75) is 38.0 Å². The summed E-state index contributed by atoms with van der Waals surface area (Å²) in [5.41, 5.74) is 2.63. The Balaban J connectivity index is 1.42. The Labute approximate surface area is 222 Å². The Kier molecular flexibility index (Phi) is 9.39. The standard InChI is InChI=1S/C29H33ClFN3O3/c1-36-27-12-6-9-22(28(27)37-2)17-33-24-16-26(34(19-24)18-20-7-5-10-23(30)15-20)29(35)32-14-13-21-8-3-4-11-25(21)31/h3-12,15,24,26,33H,13-14,16-19H2,1-2H3,(H,32,35)/t24-,26-/m0/s1. The minimum Gasteiger partial charge on any atom is -0.493 e. The Hall–Kier alpha value is -3.13. The fraction of sp³-hybridized carbons (Fsp3) is 0.345. The van der Waals surface area contributed by atoms with Crippen molar-refractivity contribution in [1.29, 1.82) is 0 Å². The zero-order valence-electron chi connectivity index (χ0n) is 21.2. The molecule has 4 rings (SSSR count). The molecule has 1 aliphatic rings. The Morgan fingerprint density at radius 1 is 1.05 bits per heavy atom. The molecule has 2 atom stereocenters. The van der Waals surface area contributed by atoms with Gasteiger partial charge < -0.3 is 20.1 Å². The molecule has 0 aliphatic carbocycles. The van der Waals surface area contributed by atoms with Gasteiger partial charge in [-0.2, -0.15) is 0 Å². The van der Waals surface area contributed by atoms with Crippen LogP contribution < -0.4 is 20.1 Å². The van der Waals surface area contributed by atoms with Crippen LogP contribution in [0.15, 0.2) is 66.7 Å². The van der Waals surface area contributed by atoms with Gasteiger partial charge in [0.15, 0.2) is 11.5 Å². The molecular formula is C29H33ClFN3O3. The topological polar surface area (TPSA) is 62.8 Å². The van der Waals surface area contributed by atoms with E-state index in [1.807, 2.05) is 42.5 Å². The fourth-order valence-corrected chi connectivity index (χ4v) is 5.07. The number of hydrogen-bond donors (Lipinski definition) is 2. The molecule has 0 spiro atoms. The molecule has 1 amide bonds. The second-order valence-electron chi connectivity index (χ2n) is 9.17. The number of para-hydroxylation sites is 1. The highest BCUT2D eigenvalue weighted by molar-refractivity contribution is 6.30. The summed E-state index contributed by atoms with van der Waals surface area (Å²) in [6, 6.07) is 19.9. The molecule has 2 N–H and O–H groups in total. The summed E-state index contributed by atoms with van der Waals surface area (Å²) >= 11 is 6.21. The van der Waals surface area contributed by atoms with Crippen LogP contribution in [-0.2, 0) is 24.3 Å².